The third kappa shape index (κ3) is 2.84. The number of carbonyl (C=O) groups excluding carboxylic acids is 1. The average Bonchev–Trinajstić information content (AvgIpc) is 2.85. The van der Waals surface area contributed by atoms with Gasteiger partial charge in [-0.25, -0.2) is 4.79 Å². The van der Waals surface area contributed by atoms with E-state index < -0.39 is 5.97 Å². The second kappa shape index (κ2) is 5.16. The van der Waals surface area contributed by atoms with Crippen LogP contribution >= 0.6 is 0 Å². The minimum Gasteiger partial charge on any atom is -0.463 e. The molecule has 0 aliphatic carbocycles. The second-order valence-corrected chi connectivity index (χ2v) is 3.44. The van der Waals surface area contributed by atoms with E-state index in [0.29, 0.717) is 5.76 Å². The fourth-order valence-corrected chi connectivity index (χ4v) is 1.40. The highest BCUT2D eigenvalue weighted by molar-refractivity contribution is 5.86. The molecule has 0 unspecified atom stereocenters. The molecule has 0 saturated carbocycles. The van der Waals surface area contributed by atoms with Gasteiger partial charge in [0.15, 0.2) is 0 Å². The lowest BCUT2D eigenvalue weighted by atomic mass is 10.2. The Morgan fingerprint density at radius 1 is 1.12 bits per heavy atom. The van der Waals surface area contributed by atoms with Crippen molar-refractivity contribution in [3.05, 3.63) is 59.5 Å². The Kier molecular flexibility index (Phi) is 3.40. The van der Waals surface area contributed by atoms with Crippen LogP contribution in [0.2, 0.25) is 0 Å². The quantitative estimate of drug-likeness (QED) is 0.757. The Morgan fingerprint density at radius 2 is 1.88 bits per heavy atom. The monoisotopic (exact) mass is 228 g/mol. The summed E-state index contributed by atoms with van der Waals surface area (Å²) < 4.78 is 9.85. The normalized spacial score (nSPS) is 10.6. The van der Waals surface area contributed by atoms with Gasteiger partial charge in [-0.2, -0.15) is 0 Å². The summed E-state index contributed by atoms with van der Waals surface area (Å²) in [6.07, 6.45) is 3.72. The van der Waals surface area contributed by atoms with Gasteiger partial charge in [0.05, 0.1) is 7.11 Å². The average molecular weight is 228 g/mol. The van der Waals surface area contributed by atoms with Crippen molar-refractivity contribution in [2.45, 2.75) is 0 Å². The predicted octanol–water partition coefficient (Wildman–Crippen LogP) is 3.24. The van der Waals surface area contributed by atoms with Crippen LogP contribution in [-0.2, 0) is 4.74 Å². The van der Waals surface area contributed by atoms with Crippen LogP contribution < -0.4 is 0 Å². The van der Waals surface area contributed by atoms with Crippen molar-refractivity contribution in [2.24, 2.45) is 0 Å². The molecule has 1 aromatic heterocycles. The maximum atomic E-state index is 11.2. The van der Waals surface area contributed by atoms with Gasteiger partial charge in [-0.3, -0.25) is 0 Å². The first kappa shape index (κ1) is 11.2. The van der Waals surface area contributed by atoms with Gasteiger partial charge in [-0.05, 0) is 23.8 Å². The number of hydrogen-bond acceptors (Lipinski definition) is 3. The molecule has 86 valence electrons. The van der Waals surface area contributed by atoms with Crippen LogP contribution in [0.5, 0.6) is 0 Å². The Balaban J connectivity index is 2.12. The largest absolute Gasteiger partial charge is 0.463 e. The molecule has 0 radical (unpaired) electrons. The van der Waals surface area contributed by atoms with E-state index in [0.717, 1.165) is 5.56 Å². The van der Waals surface area contributed by atoms with E-state index in [1.165, 1.54) is 7.11 Å². The molecule has 3 nitrogen and oxygen atoms in total. The zero-order valence-electron chi connectivity index (χ0n) is 9.42. The summed E-state index contributed by atoms with van der Waals surface area (Å²) in [4.78, 5) is 11.2. The van der Waals surface area contributed by atoms with E-state index in [1.807, 2.05) is 42.5 Å². The fourth-order valence-electron chi connectivity index (χ4n) is 1.40. The highest BCUT2D eigenvalue weighted by Gasteiger charge is 2.09. The van der Waals surface area contributed by atoms with E-state index in [2.05, 4.69) is 4.74 Å². The molecule has 3 heteroatoms. The lowest BCUT2D eigenvalue weighted by Gasteiger charge is -1.92. The van der Waals surface area contributed by atoms with Gasteiger partial charge in [0.25, 0.3) is 0 Å². The smallest absolute Gasteiger partial charge is 0.373 e. The topological polar surface area (TPSA) is 39.4 Å². The van der Waals surface area contributed by atoms with Gasteiger partial charge >= 0.3 is 5.97 Å². The molecular weight excluding hydrogens is 216 g/mol. The molecule has 0 N–H and O–H groups in total. The van der Waals surface area contributed by atoms with Crippen molar-refractivity contribution in [2.75, 3.05) is 7.11 Å². The highest BCUT2D eigenvalue weighted by atomic mass is 16.5. The fraction of sp³-hybridized carbons (Fsp3) is 0.0714. The van der Waals surface area contributed by atoms with Crippen molar-refractivity contribution in [3.63, 3.8) is 0 Å². The number of esters is 1. The summed E-state index contributed by atoms with van der Waals surface area (Å²) in [5.41, 5.74) is 1.07. The van der Waals surface area contributed by atoms with E-state index in [1.54, 1.807) is 12.1 Å². The number of furan rings is 1. The van der Waals surface area contributed by atoms with Gasteiger partial charge in [-0.15, -0.1) is 0 Å². The number of ether oxygens (including phenoxy) is 1. The predicted molar refractivity (Wildman–Crippen MR) is 65.4 cm³/mol. The third-order valence-corrected chi connectivity index (χ3v) is 2.25. The molecule has 17 heavy (non-hydrogen) atoms. The molecule has 0 atom stereocenters. The summed E-state index contributed by atoms with van der Waals surface area (Å²) in [5.74, 6) is 0.360. The second-order valence-electron chi connectivity index (χ2n) is 3.44. The van der Waals surface area contributed by atoms with Crippen LogP contribution in [0.4, 0.5) is 0 Å². The van der Waals surface area contributed by atoms with Crippen LogP contribution in [0, 0.1) is 0 Å². The van der Waals surface area contributed by atoms with Gasteiger partial charge in [-0.1, -0.05) is 36.4 Å². The molecule has 0 fully saturated rings. The van der Waals surface area contributed by atoms with Crippen molar-refractivity contribution >= 4 is 18.1 Å². The van der Waals surface area contributed by atoms with Crippen LogP contribution in [-0.4, -0.2) is 13.1 Å². The highest BCUT2D eigenvalue weighted by Crippen LogP contribution is 2.12. The number of carbonyl (C=O) groups is 1. The van der Waals surface area contributed by atoms with Crippen molar-refractivity contribution in [1.29, 1.82) is 0 Å². The molecule has 0 aliphatic heterocycles. The molecule has 2 rings (SSSR count). The first-order chi connectivity index (χ1) is 8.29. The standard InChI is InChI=1S/C14H12O3/c1-16-14(15)13-10-9-12(17-13)8-7-11-5-3-2-4-6-11/h2-10H,1H3. The maximum Gasteiger partial charge on any atom is 0.373 e. The van der Waals surface area contributed by atoms with Gasteiger partial charge in [0, 0.05) is 0 Å². The minimum absolute atomic E-state index is 0.209. The number of rotatable bonds is 3. The number of benzene rings is 1. The van der Waals surface area contributed by atoms with Crippen molar-refractivity contribution in [1.82, 2.24) is 0 Å². The summed E-state index contributed by atoms with van der Waals surface area (Å²) in [6.45, 7) is 0. The third-order valence-electron chi connectivity index (χ3n) is 2.25. The molecular formula is C14H12O3. The van der Waals surface area contributed by atoms with Crippen LogP contribution in [0.15, 0.2) is 46.9 Å². The molecule has 0 amide bonds. The number of hydrogen-bond donors (Lipinski definition) is 0. The molecule has 0 saturated heterocycles. The molecule has 0 spiro atoms. The van der Waals surface area contributed by atoms with Gasteiger partial charge in [0.2, 0.25) is 5.76 Å². The van der Waals surface area contributed by atoms with Crippen LogP contribution in [0.1, 0.15) is 21.9 Å². The van der Waals surface area contributed by atoms with E-state index in [-0.39, 0.29) is 5.76 Å². The Hall–Kier alpha value is -2.29. The first-order valence-electron chi connectivity index (χ1n) is 5.21. The zero-order chi connectivity index (χ0) is 12.1. The summed E-state index contributed by atoms with van der Waals surface area (Å²) >= 11 is 0. The lowest BCUT2D eigenvalue weighted by Crippen LogP contribution is -1.98. The zero-order valence-corrected chi connectivity index (χ0v) is 9.42. The Bertz CT molecular complexity index is 523. The molecule has 1 aromatic carbocycles. The van der Waals surface area contributed by atoms with E-state index in [9.17, 15) is 4.79 Å². The van der Waals surface area contributed by atoms with E-state index in [4.69, 9.17) is 4.42 Å². The lowest BCUT2D eigenvalue weighted by molar-refractivity contribution is 0.0564. The van der Waals surface area contributed by atoms with Crippen molar-refractivity contribution in [3.8, 4) is 0 Å². The SMILES string of the molecule is COC(=O)c1ccc(C=Cc2ccccc2)o1. The molecule has 2 aromatic rings. The van der Waals surface area contributed by atoms with Gasteiger partial charge in [0.1, 0.15) is 5.76 Å². The number of methoxy groups -OCH3 is 1. The summed E-state index contributed by atoms with van der Waals surface area (Å²) in [7, 11) is 1.32. The minimum atomic E-state index is -0.468. The summed E-state index contributed by atoms with van der Waals surface area (Å²) in [5, 5.41) is 0. The molecule has 0 bridgehead atoms. The maximum absolute atomic E-state index is 11.2. The first-order valence-corrected chi connectivity index (χ1v) is 5.21. The molecule has 1 heterocycles. The van der Waals surface area contributed by atoms with Gasteiger partial charge < -0.3 is 9.15 Å². The van der Waals surface area contributed by atoms with Crippen LogP contribution in [0.25, 0.3) is 12.2 Å². The van der Waals surface area contributed by atoms with E-state index >= 15 is 0 Å². The van der Waals surface area contributed by atoms with Crippen molar-refractivity contribution < 1.29 is 13.9 Å². The molecule has 0 aliphatic rings. The Morgan fingerprint density at radius 3 is 2.59 bits per heavy atom. The summed E-state index contributed by atoms with van der Waals surface area (Å²) in [6, 6.07) is 13.2. The van der Waals surface area contributed by atoms with Crippen LogP contribution in [0.3, 0.4) is 0 Å². The Labute approximate surface area is 99.3 Å².